The molecular formula is C21H34FN3O3S. The molecule has 2 N–H and O–H groups in total. The van der Waals surface area contributed by atoms with Gasteiger partial charge in [0, 0.05) is 37.9 Å². The zero-order valence-corrected chi connectivity index (χ0v) is 18.9. The normalized spacial score (nSPS) is 21.5. The van der Waals surface area contributed by atoms with Crippen LogP contribution >= 0.6 is 0 Å². The number of ether oxygens (including phenoxy) is 1. The van der Waals surface area contributed by atoms with E-state index in [1.165, 1.54) is 24.5 Å². The number of nitrogens with zero attached hydrogens (tertiary/aromatic N) is 1. The second-order valence-electron chi connectivity index (χ2n) is 8.38. The minimum atomic E-state index is -3.21. The number of unbranched alkanes of at least 4 members (excludes halogenated alkanes) is 1. The fourth-order valence-electron chi connectivity index (χ4n) is 3.50. The molecule has 1 fully saturated rings. The number of sulfone groups is 1. The molecule has 0 aromatic heterocycles. The van der Waals surface area contributed by atoms with Crippen LogP contribution < -0.4 is 10.6 Å². The molecule has 1 aromatic carbocycles. The average molecular weight is 428 g/mol. The summed E-state index contributed by atoms with van der Waals surface area (Å²) in [6.45, 7) is 7.57. The Hall–Kier alpha value is -1.67. The van der Waals surface area contributed by atoms with Crippen LogP contribution in [-0.4, -0.2) is 46.4 Å². The third-order valence-corrected chi connectivity index (χ3v) is 6.40. The Morgan fingerprint density at radius 1 is 1.34 bits per heavy atom. The Labute approximate surface area is 174 Å². The highest BCUT2D eigenvalue weighted by atomic mass is 32.2. The van der Waals surface area contributed by atoms with Crippen LogP contribution in [0.15, 0.2) is 23.2 Å². The van der Waals surface area contributed by atoms with E-state index in [0.29, 0.717) is 17.1 Å². The molecule has 8 heteroatoms. The van der Waals surface area contributed by atoms with E-state index in [4.69, 9.17) is 4.74 Å². The van der Waals surface area contributed by atoms with E-state index in [0.717, 1.165) is 25.9 Å². The zero-order valence-electron chi connectivity index (χ0n) is 18.1. The predicted molar refractivity (Wildman–Crippen MR) is 115 cm³/mol. The van der Waals surface area contributed by atoms with Gasteiger partial charge in [-0.2, -0.15) is 0 Å². The average Bonchev–Trinajstić information content (AvgIpc) is 2.63. The van der Waals surface area contributed by atoms with Crippen LogP contribution in [0.3, 0.4) is 0 Å². The molecule has 0 bridgehead atoms. The highest BCUT2D eigenvalue weighted by molar-refractivity contribution is 7.89. The van der Waals surface area contributed by atoms with Gasteiger partial charge in [-0.25, -0.2) is 12.8 Å². The zero-order chi connectivity index (χ0) is 21.7. The van der Waals surface area contributed by atoms with Gasteiger partial charge in [-0.3, -0.25) is 4.99 Å². The van der Waals surface area contributed by atoms with Gasteiger partial charge in [0.05, 0.1) is 11.9 Å². The van der Waals surface area contributed by atoms with Gasteiger partial charge in [-0.1, -0.05) is 33.3 Å². The predicted octanol–water partition coefficient (Wildman–Crippen LogP) is 3.02. The molecule has 164 valence electrons. The highest BCUT2D eigenvalue weighted by Gasteiger charge is 2.49. The topological polar surface area (TPSA) is 79.8 Å². The van der Waals surface area contributed by atoms with Gasteiger partial charge in [0.25, 0.3) is 0 Å². The summed E-state index contributed by atoms with van der Waals surface area (Å²) in [6.07, 6.45) is 4.47. The Balaban J connectivity index is 1.96. The first-order valence-electron chi connectivity index (χ1n) is 10.1. The smallest absolute Gasteiger partial charge is 0.191 e. The lowest BCUT2D eigenvalue weighted by Crippen LogP contribution is -2.63. The summed E-state index contributed by atoms with van der Waals surface area (Å²) in [4.78, 5) is 4.26. The van der Waals surface area contributed by atoms with Crippen LogP contribution in [0.1, 0.15) is 51.2 Å². The van der Waals surface area contributed by atoms with Crippen molar-refractivity contribution in [3.63, 3.8) is 0 Å². The lowest BCUT2D eigenvalue weighted by Gasteiger charge is -2.52. The summed E-state index contributed by atoms with van der Waals surface area (Å²) < 4.78 is 43.0. The number of benzene rings is 1. The molecule has 0 radical (unpaired) electrons. The van der Waals surface area contributed by atoms with E-state index in [2.05, 4.69) is 36.4 Å². The Bertz CT molecular complexity index is 824. The number of hydrogen-bond donors (Lipinski definition) is 2. The van der Waals surface area contributed by atoms with Crippen LogP contribution in [0.5, 0.6) is 0 Å². The van der Waals surface area contributed by atoms with Crippen LogP contribution in [0.25, 0.3) is 0 Å². The Morgan fingerprint density at radius 3 is 2.66 bits per heavy atom. The molecule has 2 rings (SSSR count). The van der Waals surface area contributed by atoms with Crippen molar-refractivity contribution >= 4 is 15.8 Å². The van der Waals surface area contributed by atoms with Crippen LogP contribution in [0.4, 0.5) is 4.39 Å². The standard InChI is InChI=1S/C21H34FN3O3S/c1-6-7-10-28-19-12-18(21(19,2)3)25-20(23-4)24-13-16-11-17(22)9-8-15(16)14-29(5,26)27/h8-9,11,18-19H,6-7,10,12-14H2,1-5H3,(H2,23,24,25). The Morgan fingerprint density at radius 2 is 2.07 bits per heavy atom. The molecule has 1 aliphatic rings. The van der Waals surface area contributed by atoms with Gasteiger partial charge in [0.1, 0.15) is 5.82 Å². The minimum Gasteiger partial charge on any atom is -0.378 e. The van der Waals surface area contributed by atoms with Crippen molar-refractivity contribution in [1.29, 1.82) is 0 Å². The van der Waals surface area contributed by atoms with Gasteiger partial charge in [0.2, 0.25) is 0 Å². The Kier molecular flexibility index (Phi) is 8.05. The third kappa shape index (κ3) is 6.67. The van der Waals surface area contributed by atoms with Gasteiger partial charge in [-0.15, -0.1) is 0 Å². The van der Waals surface area contributed by atoms with Gasteiger partial charge < -0.3 is 15.4 Å². The molecule has 0 saturated heterocycles. The van der Waals surface area contributed by atoms with Gasteiger partial charge >= 0.3 is 0 Å². The lowest BCUT2D eigenvalue weighted by atomic mass is 9.64. The first-order valence-corrected chi connectivity index (χ1v) is 12.2. The van der Waals surface area contributed by atoms with Crippen molar-refractivity contribution in [2.45, 2.75) is 64.5 Å². The number of hydrogen-bond acceptors (Lipinski definition) is 4. The summed E-state index contributed by atoms with van der Waals surface area (Å²) in [5.74, 6) is 0.0850. The molecule has 0 spiro atoms. The van der Waals surface area contributed by atoms with Gasteiger partial charge in [0.15, 0.2) is 15.8 Å². The second-order valence-corrected chi connectivity index (χ2v) is 10.5. The second kappa shape index (κ2) is 9.89. The van der Waals surface area contributed by atoms with E-state index in [-0.39, 0.29) is 29.9 Å². The molecular weight excluding hydrogens is 393 g/mol. The molecule has 29 heavy (non-hydrogen) atoms. The largest absolute Gasteiger partial charge is 0.378 e. The van der Waals surface area contributed by atoms with E-state index in [1.54, 1.807) is 7.05 Å². The quantitative estimate of drug-likeness (QED) is 0.360. The maximum atomic E-state index is 13.7. The summed E-state index contributed by atoms with van der Waals surface area (Å²) in [7, 11) is -1.53. The summed E-state index contributed by atoms with van der Waals surface area (Å²) in [5.41, 5.74) is 1.17. The fraction of sp³-hybridized carbons (Fsp3) is 0.667. The molecule has 2 unspecified atom stereocenters. The number of aliphatic imine (C=N–C) groups is 1. The van der Waals surface area contributed by atoms with E-state index in [1.807, 2.05) is 0 Å². The molecule has 1 saturated carbocycles. The number of rotatable bonds is 9. The van der Waals surface area contributed by atoms with Crippen molar-refractivity contribution in [1.82, 2.24) is 10.6 Å². The van der Waals surface area contributed by atoms with Crippen molar-refractivity contribution in [3.05, 3.63) is 35.1 Å². The highest BCUT2D eigenvalue weighted by Crippen LogP contribution is 2.42. The van der Waals surface area contributed by atoms with Gasteiger partial charge in [-0.05, 0) is 36.1 Å². The third-order valence-electron chi connectivity index (χ3n) is 5.56. The molecule has 0 heterocycles. The molecule has 2 atom stereocenters. The van der Waals surface area contributed by atoms with Crippen molar-refractivity contribution in [2.75, 3.05) is 19.9 Å². The van der Waals surface area contributed by atoms with Crippen molar-refractivity contribution in [3.8, 4) is 0 Å². The molecule has 1 aromatic rings. The van der Waals surface area contributed by atoms with Crippen LogP contribution in [0.2, 0.25) is 0 Å². The first-order chi connectivity index (χ1) is 13.6. The summed E-state index contributed by atoms with van der Waals surface area (Å²) in [5, 5.41) is 6.59. The fourth-order valence-corrected chi connectivity index (χ4v) is 4.35. The number of halogens is 1. The number of nitrogens with one attached hydrogen (secondary N) is 2. The maximum Gasteiger partial charge on any atom is 0.191 e. The monoisotopic (exact) mass is 427 g/mol. The molecule has 1 aliphatic carbocycles. The van der Waals surface area contributed by atoms with E-state index in [9.17, 15) is 12.8 Å². The summed E-state index contributed by atoms with van der Waals surface area (Å²) in [6, 6.07) is 4.39. The lowest BCUT2D eigenvalue weighted by molar-refractivity contribution is -0.113. The SMILES string of the molecule is CCCCOC1CC(NC(=NC)NCc2cc(F)ccc2CS(C)(=O)=O)C1(C)C. The van der Waals surface area contributed by atoms with Crippen molar-refractivity contribution < 1.29 is 17.5 Å². The van der Waals surface area contributed by atoms with Crippen LogP contribution in [-0.2, 0) is 26.9 Å². The molecule has 0 amide bonds. The molecule has 6 nitrogen and oxygen atoms in total. The minimum absolute atomic E-state index is 0.0222. The summed E-state index contributed by atoms with van der Waals surface area (Å²) >= 11 is 0. The van der Waals surface area contributed by atoms with E-state index >= 15 is 0 Å². The molecule has 0 aliphatic heterocycles. The van der Waals surface area contributed by atoms with Crippen molar-refractivity contribution in [2.24, 2.45) is 10.4 Å². The van der Waals surface area contributed by atoms with E-state index < -0.39 is 15.7 Å². The number of guanidine groups is 1. The first kappa shape index (κ1) is 23.6. The van der Waals surface area contributed by atoms with Crippen LogP contribution in [0, 0.1) is 11.2 Å². The maximum absolute atomic E-state index is 13.7.